The van der Waals surface area contributed by atoms with Crippen molar-refractivity contribution in [2.75, 3.05) is 6.54 Å². The quantitative estimate of drug-likeness (QED) is 0.450. The Hall–Kier alpha value is -1.66. The molecular formula is C12H13ClFN3OS. The summed E-state index contributed by atoms with van der Waals surface area (Å²) in [6.45, 7) is 3.98. The van der Waals surface area contributed by atoms with Gasteiger partial charge >= 0.3 is 0 Å². The van der Waals surface area contributed by atoms with Crippen molar-refractivity contribution in [1.82, 2.24) is 16.2 Å². The van der Waals surface area contributed by atoms with Crippen LogP contribution in [0.5, 0.6) is 0 Å². The zero-order valence-electron chi connectivity index (χ0n) is 10.0. The van der Waals surface area contributed by atoms with Gasteiger partial charge in [0, 0.05) is 17.1 Å². The van der Waals surface area contributed by atoms with E-state index in [9.17, 15) is 9.18 Å². The molecule has 0 radical (unpaired) electrons. The zero-order chi connectivity index (χ0) is 14.3. The van der Waals surface area contributed by atoms with E-state index in [0.717, 1.165) is 0 Å². The maximum absolute atomic E-state index is 13.4. The fraction of sp³-hybridized carbons (Fsp3) is 0.167. The van der Waals surface area contributed by atoms with E-state index >= 15 is 0 Å². The van der Waals surface area contributed by atoms with Gasteiger partial charge in [0.05, 0.1) is 6.42 Å². The van der Waals surface area contributed by atoms with Crippen LogP contribution in [0.3, 0.4) is 0 Å². The number of amides is 1. The number of halogens is 2. The molecule has 0 spiro atoms. The van der Waals surface area contributed by atoms with Gasteiger partial charge in [-0.2, -0.15) is 0 Å². The van der Waals surface area contributed by atoms with Crippen LogP contribution < -0.4 is 16.2 Å². The summed E-state index contributed by atoms with van der Waals surface area (Å²) in [6, 6.07) is 4.25. The van der Waals surface area contributed by atoms with Crippen LogP contribution >= 0.6 is 23.8 Å². The maximum Gasteiger partial charge on any atom is 0.242 e. The van der Waals surface area contributed by atoms with Gasteiger partial charge in [-0.3, -0.25) is 15.6 Å². The first-order valence-corrected chi connectivity index (χ1v) is 6.19. The Balaban J connectivity index is 2.47. The standard InChI is InChI=1S/C12H13ClFN3OS/c1-2-6-15-12(19)17-16-11(18)7-8-9(13)4-3-5-10(8)14/h2-5H,1,6-7H2,(H,16,18)(H2,15,17,19). The molecule has 0 aromatic heterocycles. The first-order valence-electron chi connectivity index (χ1n) is 5.41. The molecule has 0 heterocycles. The number of thiocarbonyl (C=S) groups is 1. The highest BCUT2D eigenvalue weighted by Gasteiger charge is 2.11. The number of hydrogen-bond acceptors (Lipinski definition) is 2. The lowest BCUT2D eigenvalue weighted by molar-refractivity contribution is -0.121. The van der Waals surface area contributed by atoms with Crippen molar-refractivity contribution < 1.29 is 9.18 Å². The van der Waals surface area contributed by atoms with E-state index in [1.54, 1.807) is 6.08 Å². The number of carbonyl (C=O) groups is 1. The average molecular weight is 302 g/mol. The molecule has 0 aliphatic carbocycles. The normalized spacial score (nSPS) is 9.58. The molecule has 1 amide bonds. The van der Waals surface area contributed by atoms with Crippen molar-refractivity contribution in [3.63, 3.8) is 0 Å². The molecule has 4 nitrogen and oxygen atoms in total. The SMILES string of the molecule is C=CCNC(=S)NNC(=O)Cc1c(F)cccc1Cl. The van der Waals surface area contributed by atoms with Crippen LogP contribution in [0.15, 0.2) is 30.9 Å². The summed E-state index contributed by atoms with van der Waals surface area (Å²) in [7, 11) is 0. The number of benzene rings is 1. The molecule has 19 heavy (non-hydrogen) atoms. The van der Waals surface area contributed by atoms with Crippen LogP contribution in [0, 0.1) is 5.82 Å². The summed E-state index contributed by atoms with van der Waals surface area (Å²) in [5.41, 5.74) is 4.97. The van der Waals surface area contributed by atoms with Gasteiger partial charge in [0.1, 0.15) is 5.82 Å². The van der Waals surface area contributed by atoms with Gasteiger partial charge in [-0.25, -0.2) is 4.39 Å². The Morgan fingerprint density at radius 3 is 2.84 bits per heavy atom. The summed E-state index contributed by atoms with van der Waals surface area (Å²) >= 11 is 10.7. The Labute approximate surface area is 121 Å². The number of carbonyl (C=O) groups excluding carboxylic acids is 1. The summed E-state index contributed by atoms with van der Waals surface area (Å²) < 4.78 is 13.4. The molecule has 0 atom stereocenters. The first kappa shape index (κ1) is 15.4. The first-order chi connectivity index (χ1) is 9.04. The van der Waals surface area contributed by atoms with E-state index in [4.69, 9.17) is 23.8 Å². The summed E-state index contributed by atoms with van der Waals surface area (Å²) in [5.74, 6) is -0.968. The third-order valence-corrected chi connectivity index (χ3v) is 2.72. The molecular weight excluding hydrogens is 289 g/mol. The highest BCUT2D eigenvalue weighted by Crippen LogP contribution is 2.19. The summed E-state index contributed by atoms with van der Waals surface area (Å²) in [4.78, 5) is 11.6. The van der Waals surface area contributed by atoms with Crippen LogP contribution in [-0.2, 0) is 11.2 Å². The van der Waals surface area contributed by atoms with Crippen LogP contribution in [0.4, 0.5) is 4.39 Å². The third kappa shape index (κ3) is 5.23. The minimum absolute atomic E-state index is 0.147. The second kappa shape index (κ2) is 7.70. The van der Waals surface area contributed by atoms with Crippen molar-refractivity contribution in [2.45, 2.75) is 6.42 Å². The van der Waals surface area contributed by atoms with E-state index in [1.165, 1.54) is 18.2 Å². The van der Waals surface area contributed by atoms with Crippen LogP contribution in [0.1, 0.15) is 5.56 Å². The molecule has 1 aromatic rings. The molecule has 0 bridgehead atoms. The van der Waals surface area contributed by atoms with Crippen molar-refractivity contribution >= 4 is 34.8 Å². The fourth-order valence-corrected chi connectivity index (χ4v) is 1.61. The Kier molecular flexibility index (Phi) is 6.24. The largest absolute Gasteiger partial charge is 0.358 e. The minimum atomic E-state index is -0.519. The molecule has 7 heteroatoms. The lowest BCUT2D eigenvalue weighted by Gasteiger charge is -2.11. The molecule has 1 rings (SSSR count). The predicted molar refractivity (Wildman–Crippen MR) is 77.2 cm³/mol. The number of hydrogen-bond donors (Lipinski definition) is 3. The molecule has 0 saturated carbocycles. The van der Waals surface area contributed by atoms with E-state index in [0.29, 0.717) is 6.54 Å². The molecule has 102 valence electrons. The van der Waals surface area contributed by atoms with Gasteiger partial charge in [0.25, 0.3) is 0 Å². The van der Waals surface area contributed by atoms with Crippen LogP contribution in [0.25, 0.3) is 0 Å². The summed E-state index contributed by atoms with van der Waals surface area (Å²) in [6.07, 6.45) is 1.44. The lowest BCUT2D eigenvalue weighted by Crippen LogP contribution is -2.47. The number of hydrazine groups is 1. The van der Waals surface area contributed by atoms with E-state index in [2.05, 4.69) is 22.7 Å². The van der Waals surface area contributed by atoms with E-state index in [-0.39, 0.29) is 22.1 Å². The molecule has 0 aliphatic heterocycles. The monoisotopic (exact) mass is 301 g/mol. The van der Waals surface area contributed by atoms with Crippen molar-refractivity contribution in [2.24, 2.45) is 0 Å². The highest BCUT2D eigenvalue weighted by atomic mass is 35.5. The Morgan fingerprint density at radius 1 is 1.47 bits per heavy atom. The van der Waals surface area contributed by atoms with Gasteiger partial charge in [-0.05, 0) is 24.4 Å². The maximum atomic E-state index is 13.4. The van der Waals surface area contributed by atoms with Crippen molar-refractivity contribution in [3.05, 3.63) is 47.3 Å². The fourth-order valence-electron chi connectivity index (χ4n) is 1.24. The number of nitrogens with one attached hydrogen (secondary N) is 3. The van der Waals surface area contributed by atoms with E-state index < -0.39 is 11.7 Å². The topological polar surface area (TPSA) is 53.2 Å². The van der Waals surface area contributed by atoms with Crippen molar-refractivity contribution in [1.29, 1.82) is 0 Å². The second-order valence-corrected chi connectivity index (χ2v) is 4.36. The van der Waals surface area contributed by atoms with Gasteiger partial charge in [0.15, 0.2) is 5.11 Å². The molecule has 0 aliphatic rings. The summed E-state index contributed by atoms with van der Waals surface area (Å²) in [5, 5.41) is 3.22. The average Bonchev–Trinajstić information content (AvgIpc) is 2.38. The molecule has 0 saturated heterocycles. The Morgan fingerprint density at radius 2 is 2.21 bits per heavy atom. The number of rotatable bonds is 4. The second-order valence-electron chi connectivity index (χ2n) is 3.55. The van der Waals surface area contributed by atoms with Crippen LogP contribution in [0.2, 0.25) is 5.02 Å². The van der Waals surface area contributed by atoms with Gasteiger partial charge in [0.2, 0.25) is 5.91 Å². The highest BCUT2D eigenvalue weighted by molar-refractivity contribution is 7.80. The molecule has 0 unspecified atom stereocenters. The van der Waals surface area contributed by atoms with Crippen molar-refractivity contribution in [3.8, 4) is 0 Å². The predicted octanol–water partition coefficient (Wildman–Crippen LogP) is 1.70. The van der Waals surface area contributed by atoms with Gasteiger partial charge in [-0.1, -0.05) is 23.7 Å². The third-order valence-electron chi connectivity index (χ3n) is 2.12. The molecule has 3 N–H and O–H groups in total. The molecule has 0 fully saturated rings. The van der Waals surface area contributed by atoms with E-state index in [1.807, 2.05) is 0 Å². The smallest absolute Gasteiger partial charge is 0.242 e. The van der Waals surface area contributed by atoms with Gasteiger partial charge in [-0.15, -0.1) is 6.58 Å². The van der Waals surface area contributed by atoms with Gasteiger partial charge < -0.3 is 5.32 Å². The molecule has 1 aromatic carbocycles. The van der Waals surface area contributed by atoms with Crippen LogP contribution in [-0.4, -0.2) is 17.6 Å². The Bertz CT molecular complexity index is 476. The minimum Gasteiger partial charge on any atom is -0.358 e. The lowest BCUT2D eigenvalue weighted by atomic mass is 10.1. The zero-order valence-corrected chi connectivity index (χ0v) is 11.6.